The van der Waals surface area contributed by atoms with Crippen LogP contribution < -0.4 is 5.43 Å². The standard InChI is InChI=1S/C19H14FN5S/c20-16-7-8-18(25-10-4-9-22-25)15(11-16)12-21-24-19-23-17(13-26-19)14-5-2-1-3-6-14/h1-13H,(H,23,24). The van der Waals surface area contributed by atoms with Crippen molar-refractivity contribution in [2.24, 2.45) is 5.10 Å². The zero-order valence-electron chi connectivity index (χ0n) is 13.6. The second-order valence-corrected chi connectivity index (χ2v) is 6.29. The van der Waals surface area contributed by atoms with E-state index in [0.717, 1.165) is 16.9 Å². The summed E-state index contributed by atoms with van der Waals surface area (Å²) in [4.78, 5) is 4.50. The van der Waals surface area contributed by atoms with Gasteiger partial charge in [0.15, 0.2) is 0 Å². The maximum Gasteiger partial charge on any atom is 0.203 e. The predicted octanol–water partition coefficient (Wildman–Crippen LogP) is 4.58. The second-order valence-electron chi connectivity index (χ2n) is 5.43. The monoisotopic (exact) mass is 363 g/mol. The molecule has 2 aromatic heterocycles. The van der Waals surface area contributed by atoms with Crippen LogP contribution in [0.2, 0.25) is 0 Å². The van der Waals surface area contributed by atoms with Gasteiger partial charge in [-0.25, -0.2) is 14.1 Å². The first-order valence-corrected chi connectivity index (χ1v) is 8.77. The molecule has 0 aliphatic rings. The van der Waals surface area contributed by atoms with Gasteiger partial charge in [-0.05, 0) is 24.3 Å². The molecule has 7 heteroatoms. The molecule has 0 fully saturated rings. The molecule has 2 aromatic carbocycles. The Morgan fingerprint density at radius 1 is 1.12 bits per heavy atom. The number of rotatable bonds is 5. The number of halogens is 1. The van der Waals surface area contributed by atoms with Gasteiger partial charge in [-0.2, -0.15) is 10.2 Å². The van der Waals surface area contributed by atoms with Crippen molar-refractivity contribution in [1.82, 2.24) is 14.8 Å². The lowest BCUT2D eigenvalue weighted by molar-refractivity contribution is 0.626. The molecule has 0 atom stereocenters. The largest absolute Gasteiger partial charge is 0.253 e. The summed E-state index contributed by atoms with van der Waals surface area (Å²) in [6, 6.07) is 16.2. The Kier molecular flexibility index (Phi) is 4.53. The molecule has 128 valence electrons. The Labute approximate surface area is 153 Å². The highest BCUT2D eigenvalue weighted by atomic mass is 32.1. The van der Waals surface area contributed by atoms with E-state index in [1.165, 1.54) is 23.5 Å². The van der Waals surface area contributed by atoms with Crippen molar-refractivity contribution in [2.75, 3.05) is 5.43 Å². The van der Waals surface area contributed by atoms with E-state index in [9.17, 15) is 4.39 Å². The number of hydrazone groups is 1. The maximum atomic E-state index is 13.6. The van der Waals surface area contributed by atoms with Crippen LogP contribution in [0.5, 0.6) is 0 Å². The highest BCUT2D eigenvalue weighted by molar-refractivity contribution is 7.14. The van der Waals surface area contributed by atoms with E-state index in [2.05, 4.69) is 20.6 Å². The van der Waals surface area contributed by atoms with Crippen molar-refractivity contribution in [2.45, 2.75) is 0 Å². The summed E-state index contributed by atoms with van der Waals surface area (Å²) in [5.74, 6) is -0.331. The number of hydrogen-bond acceptors (Lipinski definition) is 5. The number of nitrogens with one attached hydrogen (secondary N) is 1. The van der Waals surface area contributed by atoms with Gasteiger partial charge in [-0.3, -0.25) is 5.43 Å². The van der Waals surface area contributed by atoms with Gasteiger partial charge in [0.2, 0.25) is 5.13 Å². The van der Waals surface area contributed by atoms with Crippen molar-refractivity contribution >= 4 is 22.7 Å². The van der Waals surface area contributed by atoms with Crippen LogP contribution in [0, 0.1) is 5.82 Å². The summed E-state index contributed by atoms with van der Waals surface area (Å²) in [5.41, 5.74) is 6.19. The van der Waals surface area contributed by atoms with Gasteiger partial charge in [-0.15, -0.1) is 11.3 Å². The molecule has 0 aliphatic carbocycles. The molecule has 2 heterocycles. The number of anilines is 1. The normalized spacial score (nSPS) is 11.1. The quantitative estimate of drug-likeness (QED) is 0.417. The summed E-state index contributed by atoms with van der Waals surface area (Å²) in [6.45, 7) is 0. The number of aromatic nitrogens is 3. The van der Waals surface area contributed by atoms with Crippen LogP contribution in [0.4, 0.5) is 9.52 Å². The van der Waals surface area contributed by atoms with E-state index in [1.807, 2.05) is 41.8 Å². The Bertz CT molecular complexity index is 1030. The molecule has 4 rings (SSSR count). The molecule has 1 N–H and O–H groups in total. The zero-order chi connectivity index (χ0) is 17.8. The van der Waals surface area contributed by atoms with Gasteiger partial charge in [-0.1, -0.05) is 30.3 Å². The highest BCUT2D eigenvalue weighted by Crippen LogP contribution is 2.24. The van der Waals surface area contributed by atoms with Gasteiger partial charge < -0.3 is 0 Å². The van der Waals surface area contributed by atoms with E-state index >= 15 is 0 Å². The minimum atomic E-state index is -0.331. The van der Waals surface area contributed by atoms with Crippen LogP contribution in [0.25, 0.3) is 16.9 Å². The molecule has 26 heavy (non-hydrogen) atoms. The van der Waals surface area contributed by atoms with Crippen LogP contribution in [0.1, 0.15) is 5.56 Å². The Balaban J connectivity index is 1.53. The Hall–Kier alpha value is -3.32. The molecule has 0 saturated heterocycles. The lowest BCUT2D eigenvalue weighted by Gasteiger charge is -2.05. The fourth-order valence-electron chi connectivity index (χ4n) is 2.47. The van der Waals surface area contributed by atoms with E-state index in [0.29, 0.717) is 10.7 Å². The van der Waals surface area contributed by atoms with E-state index < -0.39 is 0 Å². The lowest BCUT2D eigenvalue weighted by atomic mass is 10.2. The minimum absolute atomic E-state index is 0.331. The van der Waals surface area contributed by atoms with Gasteiger partial charge in [0.1, 0.15) is 5.82 Å². The molecule has 0 unspecified atom stereocenters. The van der Waals surface area contributed by atoms with E-state index in [1.54, 1.807) is 29.4 Å². The fourth-order valence-corrected chi connectivity index (χ4v) is 3.14. The van der Waals surface area contributed by atoms with Gasteiger partial charge in [0.05, 0.1) is 17.6 Å². The van der Waals surface area contributed by atoms with Crippen LogP contribution in [0.15, 0.2) is 77.5 Å². The maximum absolute atomic E-state index is 13.6. The number of hydrogen-bond donors (Lipinski definition) is 1. The Morgan fingerprint density at radius 3 is 2.81 bits per heavy atom. The molecular weight excluding hydrogens is 349 g/mol. The van der Waals surface area contributed by atoms with Crippen LogP contribution in [-0.4, -0.2) is 21.0 Å². The molecular formula is C19H14FN5S. The summed E-state index contributed by atoms with van der Waals surface area (Å²) < 4.78 is 15.3. The van der Waals surface area contributed by atoms with Crippen molar-refractivity contribution < 1.29 is 4.39 Å². The molecule has 4 aromatic rings. The van der Waals surface area contributed by atoms with Crippen molar-refractivity contribution in [3.8, 4) is 16.9 Å². The molecule has 5 nitrogen and oxygen atoms in total. The summed E-state index contributed by atoms with van der Waals surface area (Å²) in [5, 5.41) is 11.0. The third-order valence-corrected chi connectivity index (χ3v) is 4.43. The molecule has 0 spiro atoms. The molecule has 0 amide bonds. The predicted molar refractivity (Wildman–Crippen MR) is 102 cm³/mol. The van der Waals surface area contributed by atoms with Gasteiger partial charge in [0, 0.05) is 28.9 Å². The summed E-state index contributed by atoms with van der Waals surface area (Å²) in [7, 11) is 0. The molecule has 0 bridgehead atoms. The molecule has 0 radical (unpaired) electrons. The molecule has 0 aliphatic heterocycles. The fraction of sp³-hybridized carbons (Fsp3) is 0. The minimum Gasteiger partial charge on any atom is -0.253 e. The van der Waals surface area contributed by atoms with Crippen LogP contribution in [-0.2, 0) is 0 Å². The SMILES string of the molecule is Fc1ccc(-n2cccn2)c(C=NNc2nc(-c3ccccc3)cs2)c1. The van der Waals surface area contributed by atoms with Crippen molar-refractivity contribution in [1.29, 1.82) is 0 Å². The van der Waals surface area contributed by atoms with E-state index in [-0.39, 0.29) is 5.82 Å². The second kappa shape index (κ2) is 7.28. The number of benzene rings is 2. The number of thiazole rings is 1. The molecule has 0 saturated carbocycles. The third-order valence-electron chi connectivity index (χ3n) is 3.68. The first-order chi connectivity index (χ1) is 12.8. The average molecular weight is 363 g/mol. The average Bonchev–Trinajstić information content (AvgIpc) is 3.35. The van der Waals surface area contributed by atoms with Crippen molar-refractivity contribution in [3.05, 3.63) is 83.8 Å². The lowest BCUT2D eigenvalue weighted by Crippen LogP contribution is -2.01. The first-order valence-electron chi connectivity index (χ1n) is 7.89. The van der Waals surface area contributed by atoms with Gasteiger partial charge in [0.25, 0.3) is 0 Å². The summed E-state index contributed by atoms with van der Waals surface area (Å²) in [6.07, 6.45) is 5.03. The number of nitrogens with zero attached hydrogens (tertiary/aromatic N) is 4. The van der Waals surface area contributed by atoms with Crippen LogP contribution in [0.3, 0.4) is 0 Å². The third kappa shape index (κ3) is 3.52. The zero-order valence-corrected chi connectivity index (χ0v) is 14.4. The first kappa shape index (κ1) is 16.2. The van der Waals surface area contributed by atoms with Crippen molar-refractivity contribution in [3.63, 3.8) is 0 Å². The van der Waals surface area contributed by atoms with Gasteiger partial charge >= 0.3 is 0 Å². The smallest absolute Gasteiger partial charge is 0.203 e. The van der Waals surface area contributed by atoms with E-state index in [4.69, 9.17) is 0 Å². The summed E-state index contributed by atoms with van der Waals surface area (Å²) >= 11 is 1.46. The highest BCUT2D eigenvalue weighted by Gasteiger charge is 2.06. The van der Waals surface area contributed by atoms with Crippen LogP contribution >= 0.6 is 11.3 Å². The topological polar surface area (TPSA) is 55.1 Å². The Morgan fingerprint density at radius 2 is 2.00 bits per heavy atom.